The Hall–Kier alpha value is -1.59. The fourth-order valence-electron chi connectivity index (χ4n) is 3.40. The van der Waals surface area contributed by atoms with Gasteiger partial charge in [-0.15, -0.1) is 0 Å². The van der Waals surface area contributed by atoms with E-state index in [4.69, 9.17) is 9.73 Å². The van der Waals surface area contributed by atoms with E-state index < -0.39 is 0 Å². The number of guanidine groups is 1. The molecular formula is C20H34N4O. The summed E-state index contributed by atoms with van der Waals surface area (Å²) >= 11 is 0. The van der Waals surface area contributed by atoms with Gasteiger partial charge in [-0.05, 0) is 58.8 Å². The summed E-state index contributed by atoms with van der Waals surface area (Å²) in [7, 11) is 4.30. The van der Waals surface area contributed by atoms with Crippen molar-refractivity contribution in [2.75, 3.05) is 40.4 Å². The number of benzene rings is 1. The van der Waals surface area contributed by atoms with Gasteiger partial charge >= 0.3 is 0 Å². The molecule has 1 atom stereocenters. The number of hydrogen-bond donors (Lipinski definition) is 2. The molecule has 0 amide bonds. The lowest BCUT2D eigenvalue weighted by Crippen LogP contribution is -2.51. The number of aliphatic imine (C=N–C) groups is 1. The van der Waals surface area contributed by atoms with E-state index in [9.17, 15) is 0 Å². The summed E-state index contributed by atoms with van der Waals surface area (Å²) in [6.45, 7) is 9.70. The molecule has 2 rings (SSSR count). The highest BCUT2D eigenvalue weighted by Crippen LogP contribution is 2.26. The van der Waals surface area contributed by atoms with Crippen molar-refractivity contribution >= 4 is 5.96 Å². The Kier molecular flexibility index (Phi) is 7.26. The summed E-state index contributed by atoms with van der Waals surface area (Å²) in [4.78, 5) is 7.24. The number of nitrogens with one attached hydrogen (secondary N) is 2. The van der Waals surface area contributed by atoms with Crippen LogP contribution in [0.3, 0.4) is 0 Å². The van der Waals surface area contributed by atoms with E-state index in [-0.39, 0.29) is 11.6 Å². The molecule has 1 fully saturated rings. The zero-order valence-electron chi connectivity index (χ0n) is 16.4. The van der Waals surface area contributed by atoms with Crippen molar-refractivity contribution in [2.45, 2.75) is 45.2 Å². The quantitative estimate of drug-likeness (QED) is 0.614. The van der Waals surface area contributed by atoms with Crippen LogP contribution in [0.2, 0.25) is 0 Å². The third-order valence-electron chi connectivity index (χ3n) is 5.26. The standard InChI is InChI=1S/C20H34N4O/c1-6-21-19(23-17(3)18-10-8-7-9-16(18)2)22-15-20(24(4)5)11-13-25-14-12-20/h7-10,17H,6,11-15H2,1-5H3,(H2,21,22,23). The number of nitrogens with zero attached hydrogens (tertiary/aromatic N) is 2. The highest BCUT2D eigenvalue weighted by molar-refractivity contribution is 5.80. The van der Waals surface area contributed by atoms with Gasteiger partial charge in [-0.1, -0.05) is 24.3 Å². The van der Waals surface area contributed by atoms with Crippen LogP contribution >= 0.6 is 0 Å². The molecule has 1 heterocycles. The fourth-order valence-corrected chi connectivity index (χ4v) is 3.40. The van der Waals surface area contributed by atoms with Gasteiger partial charge in [0, 0.05) is 25.3 Å². The first-order valence-corrected chi connectivity index (χ1v) is 9.34. The molecule has 1 saturated heterocycles. The van der Waals surface area contributed by atoms with Crippen LogP contribution < -0.4 is 10.6 Å². The van der Waals surface area contributed by atoms with Gasteiger partial charge in [-0.25, -0.2) is 0 Å². The van der Waals surface area contributed by atoms with Gasteiger partial charge in [0.25, 0.3) is 0 Å². The van der Waals surface area contributed by atoms with Crippen LogP contribution in [-0.4, -0.2) is 56.8 Å². The zero-order chi connectivity index (χ0) is 18.3. The zero-order valence-corrected chi connectivity index (χ0v) is 16.4. The predicted octanol–water partition coefficient (Wildman–Crippen LogP) is 2.72. The first-order valence-electron chi connectivity index (χ1n) is 9.34. The summed E-state index contributed by atoms with van der Waals surface area (Å²) in [5.74, 6) is 0.881. The molecule has 0 bridgehead atoms. The van der Waals surface area contributed by atoms with Gasteiger partial charge in [-0.3, -0.25) is 4.99 Å². The second kappa shape index (κ2) is 9.20. The van der Waals surface area contributed by atoms with E-state index in [0.717, 1.165) is 45.1 Å². The molecule has 0 radical (unpaired) electrons. The summed E-state index contributed by atoms with van der Waals surface area (Å²) in [6.07, 6.45) is 2.05. The second-order valence-electron chi connectivity index (χ2n) is 7.15. The molecule has 1 aromatic carbocycles. The third kappa shape index (κ3) is 5.19. The summed E-state index contributed by atoms with van der Waals surface area (Å²) in [5, 5.41) is 6.95. The Morgan fingerprint density at radius 3 is 2.56 bits per heavy atom. The third-order valence-corrected chi connectivity index (χ3v) is 5.26. The van der Waals surface area contributed by atoms with Crippen LogP contribution in [0.5, 0.6) is 0 Å². The molecule has 0 aromatic heterocycles. The molecule has 0 saturated carbocycles. The molecule has 1 aliphatic heterocycles. The van der Waals surface area contributed by atoms with Crippen molar-refractivity contribution in [2.24, 2.45) is 4.99 Å². The van der Waals surface area contributed by atoms with Crippen molar-refractivity contribution in [3.63, 3.8) is 0 Å². The number of hydrogen-bond acceptors (Lipinski definition) is 3. The maximum absolute atomic E-state index is 5.56. The number of rotatable bonds is 6. The van der Waals surface area contributed by atoms with Crippen molar-refractivity contribution < 1.29 is 4.74 Å². The van der Waals surface area contributed by atoms with Gasteiger partial charge in [0.1, 0.15) is 0 Å². The number of ether oxygens (including phenoxy) is 1. The Labute approximate surface area is 152 Å². The molecular weight excluding hydrogens is 312 g/mol. The predicted molar refractivity (Wildman–Crippen MR) is 105 cm³/mol. The lowest BCUT2D eigenvalue weighted by Gasteiger charge is -2.41. The first kappa shape index (κ1) is 19.7. The summed E-state index contributed by atoms with van der Waals surface area (Å²) in [5.41, 5.74) is 2.70. The molecule has 0 spiro atoms. The van der Waals surface area contributed by atoms with Crippen LogP contribution in [0.15, 0.2) is 29.3 Å². The first-order chi connectivity index (χ1) is 12.0. The number of likely N-dealkylation sites (N-methyl/N-ethyl adjacent to an activating group) is 1. The molecule has 5 heteroatoms. The van der Waals surface area contributed by atoms with E-state index in [1.54, 1.807) is 0 Å². The molecule has 2 N–H and O–H groups in total. The average molecular weight is 347 g/mol. The maximum atomic E-state index is 5.56. The number of aryl methyl sites for hydroxylation is 1. The monoisotopic (exact) mass is 346 g/mol. The highest BCUT2D eigenvalue weighted by atomic mass is 16.5. The molecule has 1 unspecified atom stereocenters. The molecule has 1 aliphatic rings. The van der Waals surface area contributed by atoms with Crippen molar-refractivity contribution in [3.8, 4) is 0 Å². The van der Waals surface area contributed by atoms with Gasteiger partial charge in [0.15, 0.2) is 5.96 Å². The topological polar surface area (TPSA) is 48.9 Å². The summed E-state index contributed by atoms with van der Waals surface area (Å²) in [6, 6.07) is 8.71. The van der Waals surface area contributed by atoms with Crippen LogP contribution in [0.4, 0.5) is 0 Å². The van der Waals surface area contributed by atoms with Crippen molar-refractivity contribution in [3.05, 3.63) is 35.4 Å². The maximum Gasteiger partial charge on any atom is 0.191 e. The normalized spacial score (nSPS) is 18.9. The van der Waals surface area contributed by atoms with E-state index >= 15 is 0 Å². The molecule has 1 aromatic rings. The second-order valence-corrected chi connectivity index (χ2v) is 7.15. The lowest BCUT2D eigenvalue weighted by molar-refractivity contribution is -0.00255. The molecule has 0 aliphatic carbocycles. The largest absolute Gasteiger partial charge is 0.381 e. The lowest BCUT2D eigenvalue weighted by atomic mass is 9.89. The van der Waals surface area contributed by atoms with Crippen molar-refractivity contribution in [1.82, 2.24) is 15.5 Å². The Morgan fingerprint density at radius 2 is 1.96 bits per heavy atom. The van der Waals surface area contributed by atoms with Crippen LogP contribution in [-0.2, 0) is 4.74 Å². The van der Waals surface area contributed by atoms with Gasteiger partial charge in [-0.2, -0.15) is 0 Å². The van der Waals surface area contributed by atoms with E-state index in [0.29, 0.717) is 0 Å². The van der Waals surface area contributed by atoms with Gasteiger partial charge < -0.3 is 20.3 Å². The van der Waals surface area contributed by atoms with E-state index in [1.807, 2.05) is 0 Å². The van der Waals surface area contributed by atoms with Gasteiger partial charge in [0.2, 0.25) is 0 Å². The fraction of sp³-hybridized carbons (Fsp3) is 0.650. The van der Waals surface area contributed by atoms with Crippen LogP contribution in [0, 0.1) is 6.92 Å². The molecule has 5 nitrogen and oxygen atoms in total. The van der Waals surface area contributed by atoms with Crippen LogP contribution in [0.25, 0.3) is 0 Å². The molecule has 25 heavy (non-hydrogen) atoms. The Morgan fingerprint density at radius 1 is 1.28 bits per heavy atom. The average Bonchev–Trinajstić information content (AvgIpc) is 2.61. The molecule has 140 valence electrons. The smallest absolute Gasteiger partial charge is 0.191 e. The Bertz CT molecular complexity index is 565. The van der Waals surface area contributed by atoms with Crippen LogP contribution in [0.1, 0.15) is 43.9 Å². The minimum atomic E-state index is 0.0898. The minimum absolute atomic E-state index is 0.0898. The minimum Gasteiger partial charge on any atom is -0.381 e. The van der Waals surface area contributed by atoms with E-state index in [2.05, 4.69) is 74.7 Å². The SMILES string of the molecule is CCNC(=NCC1(N(C)C)CCOCC1)NC(C)c1ccccc1C. The van der Waals surface area contributed by atoms with E-state index in [1.165, 1.54) is 11.1 Å². The Balaban J connectivity index is 2.10. The van der Waals surface area contributed by atoms with Gasteiger partial charge in [0.05, 0.1) is 12.6 Å². The summed E-state index contributed by atoms with van der Waals surface area (Å²) < 4.78 is 5.56. The van der Waals surface area contributed by atoms with Crippen molar-refractivity contribution in [1.29, 1.82) is 0 Å². The highest BCUT2D eigenvalue weighted by Gasteiger charge is 2.34.